The normalized spacial score (nSPS) is 22.5. The number of piperidine rings is 1. The Labute approximate surface area is 118 Å². The van der Waals surface area contributed by atoms with Crippen molar-refractivity contribution in [2.45, 2.75) is 25.7 Å². The Morgan fingerprint density at radius 3 is 2.50 bits per heavy atom. The van der Waals surface area contributed by atoms with Gasteiger partial charge in [0.15, 0.2) is 0 Å². The van der Waals surface area contributed by atoms with E-state index in [-0.39, 0.29) is 0 Å². The Bertz CT molecular complexity index is 407. The summed E-state index contributed by atoms with van der Waals surface area (Å²) in [6, 6.07) is 4.14. The molecular formula is C12H14BrIN2. The minimum atomic E-state index is 0.744. The maximum Gasteiger partial charge on any atom is 0.143 e. The number of rotatable bonds is 1. The van der Waals surface area contributed by atoms with Crippen molar-refractivity contribution in [2.75, 3.05) is 18.0 Å². The zero-order chi connectivity index (χ0) is 11.2. The molecule has 86 valence electrons. The maximum atomic E-state index is 4.60. The monoisotopic (exact) mass is 392 g/mol. The summed E-state index contributed by atoms with van der Waals surface area (Å²) in [5.41, 5.74) is 0.744. The molecule has 0 N–H and O–H groups in total. The predicted molar refractivity (Wildman–Crippen MR) is 77.8 cm³/mol. The Hall–Kier alpha value is 0.160. The van der Waals surface area contributed by atoms with Crippen molar-refractivity contribution in [1.29, 1.82) is 0 Å². The summed E-state index contributed by atoms with van der Waals surface area (Å²) in [4.78, 5) is 7.04. The summed E-state index contributed by atoms with van der Waals surface area (Å²) in [7, 11) is 0. The van der Waals surface area contributed by atoms with Crippen LogP contribution in [0.15, 0.2) is 16.7 Å². The van der Waals surface area contributed by atoms with Crippen molar-refractivity contribution in [3.8, 4) is 0 Å². The van der Waals surface area contributed by atoms with Crippen LogP contribution in [0.25, 0.3) is 0 Å². The molecule has 0 radical (unpaired) electrons. The molecule has 4 heteroatoms. The first-order chi connectivity index (χ1) is 7.69. The third kappa shape index (κ3) is 2.10. The van der Waals surface area contributed by atoms with Crippen molar-refractivity contribution in [3.63, 3.8) is 0 Å². The van der Waals surface area contributed by atoms with E-state index in [1.165, 1.54) is 42.3 Å². The molecule has 0 aromatic carbocycles. The first-order valence-corrected chi connectivity index (χ1v) is 7.63. The van der Waals surface area contributed by atoms with E-state index in [0.29, 0.717) is 0 Å². The molecule has 1 saturated carbocycles. The van der Waals surface area contributed by atoms with Crippen molar-refractivity contribution in [2.24, 2.45) is 5.41 Å². The van der Waals surface area contributed by atoms with E-state index in [1.54, 1.807) is 0 Å². The zero-order valence-electron chi connectivity index (χ0n) is 9.05. The van der Waals surface area contributed by atoms with Gasteiger partial charge in [0, 0.05) is 13.1 Å². The molecule has 2 nitrogen and oxygen atoms in total. The second kappa shape index (κ2) is 4.12. The van der Waals surface area contributed by atoms with Crippen molar-refractivity contribution in [3.05, 3.63) is 20.3 Å². The number of anilines is 1. The van der Waals surface area contributed by atoms with Crippen molar-refractivity contribution in [1.82, 2.24) is 4.98 Å². The van der Waals surface area contributed by atoms with E-state index in [9.17, 15) is 0 Å². The molecule has 0 bridgehead atoms. The van der Waals surface area contributed by atoms with E-state index in [0.717, 1.165) is 15.8 Å². The topological polar surface area (TPSA) is 16.1 Å². The highest BCUT2D eigenvalue weighted by atomic mass is 127. The highest BCUT2D eigenvalue weighted by Crippen LogP contribution is 2.53. The van der Waals surface area contributed by atoms with Gasteiger partial charge in [0.05, 0.1) is 3.57 Å². The van der Waals surface area contributed by atoms with Crippen LogP contribution in [0.5, 0.6) is 0 Å². The standard InChI is InChI=1S/C12H14BrIN2/c13-10-2-1-9(14)11(15-10)16-7-5-12(3-4-12)6-8-16/h1-2H,3-8H2. The molecule has 1 aliphatic carbocycles. The number of nitrogens with zero attached hydrogens (tertiary/aromatic N) is 2. The Morgan fingerprint density at radius 1 is 1.19 bits per heavy atom. The SMILES string of the molecule is Brc1ccc(I)c(N2CCC3(CC2)CC3)n1. The van der Waals surface area contributed by atoms with Crippen LogP contribution < -0.4 is 4.90 Å². The lowest BCUT2D eigenvalue weighted by atomic mass is 9.94. The predicted octanol–water partition coefficient (Wildman–Crippen LogP) is 3.83. The van der Waals surface area contributed by atoms with Gasteiger partial charge < -0.3 is 4.90 Å². The second-order valence-electron chi connectivity index (χ2n) is 4.93. The Balaban J connectivity index is 1.79. The fraction of sp³-hybridized carbons (Fsp3) is 0.583. The summed E-state index contributed by atoms with van der Waals surface area (Å²) >= 11 is 5.84. The molecule has 0 amide bonds. The number of halogens is 2. The molecule has 1 aliphatic heterocycles. The molecule has 2 aliphatic rings. The quantitative estimate of drug-likeness (QED) is 0.533. The molecule has 0 unspecified atom stereocenters. The molecule has 3 rings (SSSR count). The summed E-state index contributed by atoms with van der Waals surface area (Å²) in [5.74, 6) is 1.16. The van der Waals surface area contributed by atoms with Gasteiger partial charge in [-0.2, -0.15) is 0 Å². The minimum absolute atomic E-state index is 0.744. The van der Waals surface area contributed by atoms with E-state index < -0.39 is 0 Å². The second-order valence-corrected chi connectivity index (χ2v) is 6.90. The van der Waals surface area contributed by atoms with Crippen LogP contribution in [-0.4, -0.2) is 18.1 Å². The van der Waals surface area contributed by atoms with Crippen LogP contribution in [0, 0.1) is 8.99 Å². The molecule has 2 fully saturated rings. The first-order valence-electron chi connectivity index (χ1n) is 5.76. The zero-order valence-corrected chi connectivity index (χ0v) is 12.8. The Kier molecular flexibility index (Phi) is 2.90. The highest BCUT2D eigenvalue weighted by Gasteiger charge is 2.44. The minimum Gasteiger partial charge on any atom is -0.356 e. The van der Waals surface area contributed by atoms with Crippen molar-refractivity contribution >= 4 is 44.3 Å². The van der Waals surface area contributed by atoms with Crippen LogP contribution in [0.4, 0.5) is 5.82 Å². The first kappa shape index (κ1) is 11.3. The van der Waals surface area contributed by atoms with E-state index >= 15 is 0 Å². The lowest BCUT2D eigenvalue weighted by Crippen LogP contribution is -2.35. The van der Waals surface area contributed by atoms with Crippen LogP contribution in [0.3, 0.4) is 0 Å². The van der Waals surface area contributed by atoms with E-state index in [4.69, 9.17) is 0 Å². The van der Waals surface area contributed by atoms with E-state index in [2.05, 4.69) is 54.5 Å². The van der Waals surface area contributed by atoms with Gasteiger partial charge in [0.1, 0.15) is 10.4 Å². The average Bonchev–Trinajstić information content (AvgIpc) is 3.03. The van der Waals surface area contributed by atoms with Gasteiger partial charge >= 0.3 is 0 Å². The molecule has 1 aromatic heterocycles. The number of aromatic nitrogens is 1. The molecule has 1 saturated heterocycles. The van der Waals surface area contributed by atoms with Gasteiger partial charge in [-0.1, -0.05) is 0 Å². The van der Waals surface area contributed by atoms with Crippen LogP contribution in [0.1, 0.15) is 25.7 Å². The van der Waals surface area contributed by atoms with E-state index in [1.807, 2.05) is 6.07 Å². The average molecular weight is 393 g/mol. The third-order valence-corrected chi connectivity index (χ3v) is 5.16. The number of pyridine rings is 1. The molecule has 2 heterocycles. The van der Waals surface area contributed by atoms with Gasteiger partial charge in [0.2, 0.25) is 0 Å². The molecule has 1 spiro atoms. The lowest BCUT2D eigenvalue weighted by Gasteiger charge is -2.33. The van der Waals surface area contributed by atoms with Crippen LogP contribution >= 0.6 is 38.5 Å². The highest BCUT2D eigenvalue weighted by molar-refractivity contribution is 14.1. The van der Waals surface area contributed by atoms with Gasteiger partial charge in [0.25, 0.3) is 0 Å². The molecule has 0 atom stereocenters. The largest absolute Gasteiger partial charge is 0.356 e. The number of hydrogen-bond acceptors (Lipinski definition) is 2. The number of hydrogen-bond donors (Lipinski definition) is 0. The van der Waals surface area contributed by atoms with Gasteiger partial charge in [-0.15, -0.1) is 0 Å². The smallest absolute Gasteiger partial charge is 0.143 e. The van der Waals surface area contributed by atoms with Crippen LogP contribution in [0.2, 0.25) is 0 Å². The fourth-order valence-electron chi connectivity index (χ4n) is 2.50. The fourth-order valence-corrected chi connectivity index (χ4v) is 3.44. The Morgan fingerprint density at radius 2 is 1.88 bits per heavy atom. The van der Waals surface area contributed by atoms with Gasteiger partial charge in [-0.25, -0.2) is 4.98 Å². The molecule has 1 aromatic rings. The molecule has 16 heavy (non-hydrogen) atoms. The third-order valence-electron chi connectivity index (χ3n) is 3.87. The van der Waals surface area contributed by atoms with Crippen molar-refractivity contribution < 1.29 is 0 Å². The van der Waals surface area contributed by atoms with Gasteiger partial charge in [-0.05, 0) is 81.8 Å². The summed E-state index contributed by atoms with van der Waals surface area (Å²) < 4.78 is 2.20. The molecular weight excluding hydrogens is 379 g/mol. The lowest BCUT2D eigenvalue weighted by molar-refractivity contribution is 0.383. The van der Waals surface area contributed by atoms with Crippen LogP contribution in [-0.2, 0) is 0 Å². The maximum absolute atomic E-state index is 4.60. The summed E-state index contributed by atoms with van der Waals surface area (Å²) in [6.07, 6.45) is 5.64. The summed E-state index contributed by atoms with van der Waals surface area (Å²) in [6.45, 7) is 2.36. The van der Waals surface area contributed by atoms with Gasteiger partial charge in [-0.3, -0.25) is 0 Å². The summed E-state index contributed by atoms with van der Waals surface area (Å²) in [5, 5.41) is 0.